The number of nitrogens with zero attached hydrogens (tertiary/aromatic N) is 1. The molecule has 80 valence electrons. The summed E-state index contributed by atoms with van der Waals surface area (Å²) in [7, 11) is 1.45. The van der Waals surface area contributed by atoms with Crippen molar-refractivity contribution in [2.75, 3.05) is 0 Å². The van der Waals surface area contributed by atoms with Crippen molar-refractivity contribution in [1.82, 2.24) is 0 Å². The normalized spacial score (nSPS) is 11.1. The van der Waals surface area contributed by atoms with Gasteiger partial charge in [0.2, 0.25) is 0 Å². The Morgan fingerprint density at radius 2 is 2.13 bits per heavy atom. The second-order valence-corrected chi connectivity index (χ2v) is 5.56. The third-order valence-electron chi connectivity index (χ3n) is 2.00. The van der Waals surface area contributed by atoms with E-state index in [0.717, 1.165) is 0 Å². The summed E-state index contributed by atoms with van der Waals surface area (Å²) >= 11 is 0. The smallest absolute Gasteiger partial charge is 0.261 e. The minimum Gasteiger partial charge on any atom is -0.326 e. The Bertz CT molecular complexity index is 532. The van der Waals surface area contributed by atoms with Gasteiger partial charge in [-0.3, -0.25) is 0 Å². The van der Waals surface area contributed by atoms with Crippen LogP contribution >= 0.6 is 10.7 Å². The Morgan fingerprint density at radius 1 is 1.53 bits per heavy atom. The van der Waals surface area contributed by atoms with Gasteiger partial charge in [0.25, 0.3) is 9.05 Å². The number of aryl methyl sites for hydroxylation is 1. The van der Waals surface area contributed by atoms with Crippen LogP contribution in [0.5, 0.6) is 0 Å². The van der Waals surface area contributed by atoms with Crippen molar-refractivity contribution in [3.63, 3.8) is 0 Å². The van der Waals surface area contributed by atoms with Crippen LogP contribution in [-0.2, 0) is 15.6 Å². The van der Waals surface area contributed by atoms with E-state index < -0.39 is 9.05 Å². The van der Waals surface area contributed by atoms with E-state index in [1.165, 1.54) is 12.1 Å². The van der Waals surface area contributed by atoms with Gasteiger partial charge in [0.1, 0.15) is 0 Å². The number of nitrogens with two attached hydrogens (primary N) is 1. The molecular formula is C9H9ClN2O2S. The average Bonchev–Trinajstić information content (AvgIpc) is 2.15. The van der Waals surface area contributed by atoms with Crippen LogP contribution in [0.2, 0.25) is 0 Å². The van der Waals surface area contributed by atoms with Gasteiger partial charge < -0.3 is 5.73 Å². The number of hydrogen-bond donors (Lipinski definition) is 1. The van der Waals surface area contributed by atoms with E-state index in [0.29, 0.717) is 16.7 Å². The summed E-state index contributed by atoms with van der Waals surface area (Å²) in [5.74, 6) is 0. The molecule has 1 aromatic rings. The van der Waals surface area contributed by atoms with Crippen molar-refractivity contribution in [1.29, 1.82) is 5.26 Å². The summed E-state index contributed by atoms with van der Waals surface area (Å²) in [6, 6.07) is 4.76. The Morgan fingerprint density at radius 3 is 2.53 bits per heavy atom. The molecule has 2 N–H and O–H groups in total. The molecule has 0 aromatic heterocycles. The first kappa shape index (κ1) is 12.0. The van der Waals surface area contributed by atoms with Crippen LogP contribution in [0.15, 0.2) is 17.0 Å². The summed E-state index contributed by atoms with van der Waals surface area (Å²) in [6.45, 7) is 1.68. The topological polar surface area (TPSA) is 83.9 Å². The fourth-order valence-corrected chi connectivity index (χ4v) is 2.49. The van der Waals surface area contributed by atoms with E-state index in [1.54, 1.807) is 6.92 Å². The zero-order chi connectivity index (χ0) is 11.6. The van der Waals surface area contributed by atoms with Crippen molar-refractivity contribution in [3.05, 3.63) is 28.8 Å². The molecule has 0 saturated heterocycles. The summed E-state index contributed by atoms with van der Waals surface area (Å²) in [5.41, 5.74) is 6.69. The zero-order valence-electron chi connectivity index (χ0n) is 7.99. The van der Waals surface area contributed by atoms with Gasteiger partial charge in [-0.1, -0.05) is 0 Å². The molecule has 0 aliphatic rings. The Balaban J connectivity index is 3.55. The lowest BCUT2D eigenvalue weighted by Crippen LogP contribution is -2.04. The van der Waals surface area contributed by atoms with E-state index in [9.17, 15) is 8.42 Å². The van der Waals surface area contributed by atoms with Crippen LogP contribution in [-0.4, -0.2) is 8.42 Å². The predicted octanol–water partition coefficient (Wildman–Crippen LogP) is 1.25. The predicted molar refractivity (Wildman–Crippen MR) is 56.8 cm³/mol. The third kappa shape index (κ3) is 2.48. The number of rotatable bonds is 2. The highest BCUT2D eigenvalue weighted by atomic mass is 35.7. The van der Waals surface area contributed by atoms with Gasteiger partial charge in [0.15, 0.2) is 0 Å². The van der Waals surface area contributed by atoms with E-state index in [2.05, 4.69) is 0 Å². The van der Waals surface area contributed by atoms with Crippen LogP contribution in [0.1, 0.15) is 16.7 Å². The quantitative estimate of drug-likeness (QED) is 0.794. The van der Waals surface area contributed by atoms with Gasteiger partial charge in [-0.2, -0.15) is 5.26 Å². The third-order valence-corrected chi connectivity index (χ3v) is 3.47. The molecule has 6 heteroatoms. The van der Waals surface area contributed by atoms with E-state index in [1.807, 2.05) is 6.07 Å². The maximum Gasteiger partial charge on any atom is 0.261 e. The maximum atomic E-state index is 11.2. The van der Waals surface area contributed by atoms with Gasteiger partial charge in [-0.05, 0) is 30.2 Å². The second kappa shape index (κ2) is 4.19. The first-order valence-corrected chi connectivity index (χ1v) is 6.39. The van der Waals surface area contributed by atoms with Crippen molar-refractivity contribution in [3.8, 4) is 6.07 Å². The highest BCUT2D eigenvalue weighted by Gasteiger charge is 2.16. The first-order valence-electron chi connectivity index (χ1n) is 4.08. The summed E-state index contributed by atoms with van der Waals surface area (Å²) in [4.78, 5) is 0.00335. The van der Waals surface area contributed by atoms with E-state index in [-0.39, 0.29) is 11.4 Å². The molecule has 0 atom stereocenters. The van der Waals surface area contributed by atoms with Crippen molar-refractivity contribution in [2.45, 2.75) is 18.4 Å². The lowest BCUT2D eigenvalue weighted by molar-refractivity contribution is 0.609. The SMILES string of the molecule is Cc1cc(C#N)c(CN)cc1S(=O)(=O)Cl. The Hall–Kier alpha value is -1.09. The van der Waals surface area contributed by atoms with Crippen LogP contribution < -0.4 is 5.73 Å². The molecule has 4 nitrogen and oxygen atoms in total. The molecule has 0 heterocycles. The van der Waals surface area contributed by atoms with Gasteiger partial charge in [-0.25, -0.2) is 8.42 Å². The minimum atomic E-state index is -3.78. The van der Waals surface area contributed by atoms with Gasteiger partial charge in [-0.15, -0.1) is 0 Å². The molecule has 0 radical (unpaired) electrons. The molecule has 0 spiro atoms. The second-order valence-electron chi connectivity index (χ2n) is 3.03. The van der Waals surface area contributed by atoms with Crippen LogP contribution in [0.3, 0.4) is 0 Å². The fourth-order valence-electron chi connectivity index (χ4n) is 1.27. The van der Waals surface area contributed by atoms with E-state index in [4.69, 9.17) is 21.7 Å². The average molecular weight is 245 g/mol. The van der Waals surface area contributed by atoms with Gasteiger partial charge in [0, 0.05) is 17.2 Å². The molecule has 1 rings (SSSR count). The summed E-state index contributed by atoms with van der Waals surface area (Å²) < 4.78 is 22.3. The van der Waals surface area contributed by atoms with Crippen LogP contribution in [0.25, 0.3) is 0 Å². The number of hydrogen-bond acceptors (Lipinski definition) is 4. The molecule has 0 amide bonds. The first-order chi connectivity index (χ1) is 6.90. The lowest BCUT2D eigenvalue weighted by atomic mass is 10.1. The minimum absolute atomic E-state index is 0.00335. The fraction of sp³-hybridized carbons (Fsp3) is 0.222. The Labute approximate surface area is 92.7 Å². The standard InChI is InChI=1S/C9H9ClN2O2S/c1-6-2-7(4-11)8(5-12)3-9(6)15(10,13)14/h2-3H,5,12H2,1H3. The molecule has 0 fully saturated rings. The highest BCUT2D eigenvalue weighted by Crippen LogP contribution is 2.23. The van der Waals surface area contributed by atoms with Gasteiger partial charge >= 0.3 is 0 Å². The van der Waals surface area contributed by atoms with Gasteiger partial charge in [0.05, 0.1) is 16.5 Å². The molecule has 1 aromatic carbocycles. The molecule has 0 unspecified atom stereocenters. The highest BCUT2D eigenvalue weighted by molar-refractivity contribution is 8.13. The maximum absolute atomic E-state index is 11.2. The van der Waals surface area contributed by atoms with Crippen LogP contribution in [0, 0.1) is 18.3 Å². The van der Waals surface area contributed by atoms with Crippen molar-refractivity contribution < 1.29 is 8.42 Å². The summed E-state index contributed by atoms with van der Waals surface area (Å²) in [5, 5.41) is 8.78. The molecular weight excluding hydrogens is 236 g/mol. The number of nitriles is 1. The number of halogens is 1. The summed E-state index contributed by atoms with van der Waals surface area (Å²) in [6.07, 6.45) is 0. The van der Waals surface area contributed by atoms with Crippen molar-refractivity contribution in [2.24, 2.45) is 5.73 Å². The lowest BCUT2D eigenvalue weighted by Gasteiger charge is -2.06. The van der Waals surface area contributed by atoms with Crippen LogP contribution in [0.4, 0.5) is 0 Å². The zero-order valence-corrected chi connectivity index (χ0v) is 9.56. The Kier molecular flexibility index (Phi) is 3.35. The largest absolute Gasteiger partial charge is 0.326 e. The number of benzene rings is 1. The molecule has 0 aliphatic carbocycles. The molecule has 0 aliphatic heterocycles. The molecule has 15 heavy (non-hydrogen) atoms. The van der Waals surface area contributed by atoms with Crippen molar-refractivity contribution >= 4 is 19.7 Å². The van der Waals surface area contributed by atoms with E-state index >= 15 is 0 Å². The monoisotopic (exact) mass is 244 g/mol. The molecule has 0 saturated carbocycles. The molecule has 0 bridgehead atoms.